The van der Waals surface area contributed by atoms with E-state index in [-0.39, 0.29) is 12.3 Å². The molecule has 3 rings (SSSR count). The van der Waals surface area contributed by atoms with E-state index in [2.05, 4.69) is 26.4 Å². The van der Waals surface area contributed by atoms with Crippen LogP contribution in [0.2, 0.25) is 0 Å². The van der Waals surface area contributed by atoms with Crippen molar-refractivity contribution in [2.45, 2.75) is 39.3 Å². The summed E-state index contributed by atoms with van der Waals surface area (Å²) in [5.74, 6) is 0.500. The first-order chi connectivity index (χ1) is 11.9. The van der Waals surface area contributed by atoms with Gasteiger partial charge in [-0.3, -0.25) is 4.79 Å². The number of benzene rings is 1. The average molecular weight is 355 g/mol. The fraction of sp³-hybridized carbons (Fsp3) is 0.333. The monoisotopic (exact) mass is 355 g/mol. The second-order valence-electron chi connectivity index (χ2n) is 6.17. The van der Waals surface area contributed by atoms with Crippen LogP contribution in [0.3, 0.4) is 0 Å². The van der Waals surface area contributed by atoms with Crippen molar-refractivity contribution >= 4 is 29.1 Å². The number of hydrogen-bond donors (Lipinski definition) is 1. The van der Waals surface area contributed by atoms with Crippen LogP contribution in [0.4, 0.5) is 5.69 Å². The molecule has 3 aromatic rings. The minimum absolute atomic E-state index is 0.0671. The maximum atomic E-state index is 12.5. The first-order valence-corrected chi connectivity index (χ1v) is 9.25. The van der Waals surface area contributed by atoms with Gasteiger partial charge in [0.2, 0.25) is 11.1 Å². The summed E-state index contributed by atoms with van der Waals surface area (Å²) in [4.78, 5) is 21.4. The molecule has 0 bridgehead atoms. The van der Waals surface area contributed by atoms with Gasteiger partial charge in [-0.2, -0.15) is 4.98 Å². The highest BCUT2D eigenvalue weighted by atomic mass is 32.2. The summed E-state index contributed by atoms with van der Waals surface area (Å²) in [5, 5.41) is 8.07. The van der Waals surface area contributed by atoms with E-state index in [1.54, 1.807) is 4.52 Å². The standard InChI is InChI=1S/C18H21N5OS/c1-10-6-11(2)8-14(7-10)20-16(24)9-15-12(3)19-17-21-18(25-5)22-23(17)13(15)4/h6-8H,9H2,1-5H3,(H,20,24). The molecule has 0 saturated carbocycles. The highest BCUT2D eigenvalue weighted by Crippen LogP contribution is 2.18. The lowest BCUT2D eigenvalue weighted by molar-refractivity contribution is -0.115. The molecule has 1 aromatic carbocycles. The summed E-state index contributed by atoms with van der Waals surface area (Å²) in [6.45, 7) is 7.88. The number of amides is 1. The van der Waals surface area contributed by atoms with E-state index in [1.807, 2.05) is 46.1 Å². The van der Waals surface area contributed by atoms with Crippen molar-refractivity contribution in [2.24, 2.45) is 0 Å². The second-order valence-corrected chi connectivity index (χ2v) is 6.95. The summed E-state index contributed by atoms with van der Waals surface area (Å²) >= 11 is 1.47. The minimum atomic E-state index is -0.0671. The normalized spacial score (nSPS) is 11.1. The van der Waals surface area contributed by atoms with Crippen LogP contribution in [0.1, 0.15) is 28.1 Å². The van der Waals surface area contributed by atoms with Gasteiger partial charge < -0.3 is 5.32 Å². The van der Waals surface area contributed by atoms with Crippen LogP contribution >= 0.6 is 11.8 Å². The van der Waals surface area contributed by atoms with Crippen molar-refractivity contribution in [2.75, 3.05) is 11.6 Å². The van der Waals surface area contributed by atoms with Gasteiger partial charge in [0.05, 0.1) is 6.42 Å². The Bertz CT molecular complexity index is 943. The number of aryl methyl sites for hydroxylation is 4. The third kappa shape index (κ3) is 3.66. The van der Waals surface area contributed by atoms with E-state index >= 15 is 0 Å². The summed E-state index contributed by atoms with van der Waals surface area (Å²) in [6, 6.07) is 6.01. The molecule has 6 nitrogen and oxygen atoms in total. The molecule has 2 aromatic heterocycles. The number of rotatable bonds is 4. The second kappa shape index (κ2) is 6.84. The zero-order valence-corrected chi connectivity index (χ0v) is 15.9. The molecule has 7 heteroatoms. The Morgan fingerprint density at radius 1 is 1.12 bits per heavy atom. The fourth-order valence-corrected chi connectivity index (χ4v) is 3.28. The van der Waals surface area contributed by atoms with E-state index in [1.165, 1.54) is 11.8 Å². The maximum Gasteiger partial charge on any atom is 0.253 e. The third-order valence-corrected chi connectivity index (χ3v) is 4.59. The van der Waals surface area contributed by atoms with Gasteiger partial charge >= 0.3 is 0 Å². The van der Waals surface area contributed by atoms with E-state index in [4.69, 9.17) is 0 Å². The SMILES string of the molecule is CSc1nc2nc(C)c(CC(=O)Nc3cc(C)cc(C)c3)c(C)n2n1. The number of hydrogen-bond acceptors (Lipinski definition) is 5. The lowest BCUT2D eigenvalue weighted by Gasteiger charge is -2.11. The quantitative estimate of drug-likeness (QED) is 0.727. The van der Waals surface area contributed by atoms with Gasteiger partial charge in [-0.15, -0.1) is 5.10 Å². The molecule has 0 aliphatic carbocycles. The highest BCUT2D eigenvalue weighted by Gasteiger charge is 2.16. The molecule has 130 valence electrons. The third-order valence-electron chi connectivity index (χ3n) is 4.05. The Hall–Kier alpha value is -2.41. The van der Waals surface area contributed by atoms with Crippen molar-refractivity contribution in [1.82, 2.24) is 19.6 Å². The molecule has 1 amide bonds. The number of carbonyl (C=O) groups is 1. The van der Waals surface area contributed by atoms with Gasteiger partial charge in [-0.1, -0.05) is 17.8 Å². The van der Waals surface area contributed by atoms with E-state index in [0.29, 0.717) is 10.9 Å². The number of nitrogens with zero attached hydrogens (tertiary/aromatic N) is 4. The summed E-state index contributed by atoms with van der Waals surface area (Å²) in [6.07, 6.45) is 2.18. The van der Waals surface area contributed by atoms with Crippen LogP contribution in [0.5, 0.6) is 0 Å². The number of fused-ring (bicyclic) bond motifs is 1. The van der Waals surface area contributed by atoms with Crippen LogP contribution in [0, 0.1) is 27.7 Å². The van der Waals surface area contributed by atoms with Gasteiger partial charge in [0.1, 0.15) is 0 Å². The largest absolute Gasteiger partial charge is 0.326 e. The van der Waals surface area contributed by atoms with Crippen LogP contribution < -0.4 is 5.32 Å². The topological polar surface area (TPSA) is 72.2 Å². The maximum absolute atomic E-state index is 12.5. The molecular formula is C18H21N5OS. The molecular weight excluding hydrogens is 334 g/mol. The van der Waals surface area contributed by atoms with Gasteiger partial charge in [0.15, 0.2) is 0 Å². The number of aromatic nitrogens is 4. The van der Waals surface area contributed by atoms with Crippen LogP contribution in [-0.2, 0) is 11.2 Å². The minimum Gasteiger partial charge on any atom is -0.326 e. The Morgan fingerprint density at radius 2 is 1.80 bits per heavy atom. The first-order valence-electron chi connectivity index (χ1n) is 8.02. The van der Waals surface area contributed by atoms with Gasteiger partial charge in [-0.05, 0) is 57.2 Å². The van der Waals surface area contributed by atoms with Crippen molar-refractivity contribution in [3.63, 3.8) is 0 Å². The van der Waals surface area contributed by atoms with Crippen molar-refractivity contribution < 1.29 is 4.79 Å². The smallest absolute Gasteiger partial charge is 0.253 e. The van der Waals surface area contributed by atoms with Crippen LogP contribution in [-0.4, -0.2) is 31.7 Å². The number of nitrogens with one attached hydrogen (secondary N) is 1. The zero-order chi connectivity index (χ0) is 18.1. The molecule has 0 fully saturated rings. The van der Waals surface area contributed by atoms with E-state index < -0.39 is 0 Å². The molecule has 25 heavy (non-hydrogen) atoms. The molecule has 0 unspecified atom stereocenters. The molecule has 2 heterocycles. The Labute approximate surface area is 151 Å². The lowest BCUT2D eigenvalue weighted by Crippen LogP contribution is -2.18. The van der Waals surface area contributed by atoms with Gasteiger partial charge in [0, 0.05) is 22.6 Å². The Balaban J connectivity index is 1.87. The van der Waals surface area contributed by atoms with Gasteiger partial charge in [-0.25, -0.2) is 9.50 Å². The summed E-state index contributed by atoms with van der Waals surface area (Å²) in [5.41, 5.74) is 5.65. The fourth-order valence-electron chi connectivity index (χ4n) is 2.94. The average Bonchev–Trinajstić information content (AvgIpc) is 2.93. The van der Waals surface area contributed by atoms with E-state index in [9.17, 15) is 4.79 Å². The van der Waals surface area contributed by atoms with Crippen molar-refractivity contribution in [1.29, 1.82) is 0 Å². The van der Waals surface area contributed by atoms with E-state index in [0.717, 1.165) is 33.8 Å². The predicted molar refractivity (Wildman–Crippen MR) is 100 cm³/mol. The molecule has 0 saturated heterocycles. The molecule has 0 atom stereocenters. The zero-order valence-electron chi connectivity index (χ0n) is 15.0. The predicted octanol–water partition coefficient (Wildman–Crippen LogP) is 3.26. The van der Waals surface area contributed by atoms with Crippen LogP contribution in [0.15, 0.2) is 23.4 Å². The molecule has 0 radical (unpaired) electrons. The number of thioether (sulfide) groups is 1. The molecule has 0 aliphatic rings. The van der Waals surface area contributed by atoms with Crippen LogP contribution in [0.25, 0.3) is 5.78 Å². The Morgan fingerprint density at radius 3 is 2.44 bits per heavy atom. The summed E-state index contributed by atoms with van der Waals surface area (Å²) < 4.78 is 1.71. The Kier molecular flexibility index (Phi) is 4.76. The molecule has 0 spiro atoms. The highest BCUT2D eigenvalue weighted by molar-refractivity contribution is 7.98. The molecule has 0 aliphatic heterocycles. The first kappa shape index (κ1) is 17.4. The van der Waals surface area contributed by atoms with Crippen molar-refractivity contribution in [3.05, 3.63) is 46.3 Å². The van der Waals surface area contributed by atoms with Crippen molar-refractivity contribution in [3.8, 4) is 0 Å². The number of anilines is 1. The molecule has 1 N–H and O–H groups in total. The lowest BCUT2D eigenvalue weighted by atomic mass is 10.1. The van der Waals surface area contributed by atoms with Gasteiger partial charge in [0.25, 0.3) is 5.78 Å². The summed E-state index contributed by atoms with van der Waals surface area (Å²) in [7, 11) is 0. The number of carbonyl (C=O) groups excluding carboxylic acids is 1.